The van der Waals surface area contributed by atoms with E-state index in [1.165, 1.54) is 6.07 Å². The maximum Gasteiger partial charge on any atom is 0.189 e. The van der Waals surface area contributed by atoms with Crippen LogP contribution in [0.15, 0.2) is 29.5 Å². The number of fused-ring (bicyclic) bond motifs is 1. The topological polar surface area (TPSA) is 40.5 Å². The molecule has 0 amide bonds. The molecule has 0 fully saturated rings. The lowest BCUT2D eigenvalue weighted by Gasteiger charge is -2.11. The summed E-state index contributed by atoms with van der Waals surface area (Å²) in [6, 6.07) is 4.94. The zero-order valence-electron chi connectivity index (χ0n) is 11.5. The number of hydrazone groups is 1. The minimum Gasteiger partial charge on any atom is -0.354 e. The second-order valence-corrected chi connectivity index (χ2v) is 4.92. The highest BCUT2D eigenvalue weighted by Crippen LogP contribution is 2.21. The van der Waals surface area contributed by atoms with Crippen molar-refractivity contribution < 1.29 is 4.39 Å². The molecule has 20 heavy (non-hydrogen) atoms. The Balaban J connectivity index is 2.34. The number of hydrogen-bond acceptors (Lipinski definition) is 3. The Hall–Kier alpha value is -2.08. The van der Waals surface area contributed by atoms with Crippen molar-refractivity contribution in [2.45, 2.75) is 6.92 Å². The minimum atomic E-state index is -0.224. The van der Waals surface area contributed by atoms with Crippen molar-refractivity contribution in [2.75, 3.05) is 14.1 Å². The van der Waals surface area contributed by atoms with Crippen LogP contribution < -0.4 is 5.43 Å². The fourth-order valence-electron chi connectivity index (χ4n) is 1.75. The van der Waals surface area contributed by atoms with Crippen molar-refractivity contribution in [2.24, 2.45) is 5.10 Å². The number of aromatic nitrogens is 1. The molecule has 0 saturated carbocycles. The lowest BCUT2D eigenvalue weighted by molar-refractivity contribution is 0.606. The van der Waals surface area contributed by atoms with Crippen LogP contribution in [-0.4, -0.2) is 35.3 Å². The molecule has 1 aromatic heterocycles. The largest absolute Gasteiger partial charge is 0.354 e. The fourth-order valence-corrected chi connectivity index (χ4v) is 1.81. The summed E-state index contributed by atoms with van der Waals surface area (Å²) in [6.45, 7) is 1.75. The third-order valence-electron chi connectivity index (χ3n) is 2.93. The molecule has 0 radical (unpaired) electrons. The van der Waals surface area contributed by atoms with E-state index in [1.807, 2.05) is 14.1 Å². The monoisotopic (exact) mass is 290 g/mol. The smallest absolute Gasteiger partial charge is 0.189 e. The van der Waals surface area contributed by atoms with Gasteiger partial charge in [-0.3, -0.25) is 10.4 Å². The molecule has 0 aliphatic carbocycles. The summed E-state index contributed by atoms with van der Waals surface area (Å²) < 4.78 is 13.5. The summed E-state index contributed by atoms with van der Waals surface area (Å²) in [4.78, 5) is 5.99. The zero-order chi connectivity index (χ0) is 14.7. The van der Waals surface area contributed by atoms with E-state index < -0.39 is 0 Å². The third-order valence-corrected chi connectivity index (χ3v) is 3.39. The molecule has 0 aliphatic heterocycles. The van der Waals surface area contributed by atoms with E-state index >= 15 is 0 Å². The van der Waals surface area contributed by atoms with E-state index in [9.17, 15) is 4.39 Å². The van der Waals surface area contributed by atoms with Crippen LogP contribution in [0.2, 0.25) is 0 Å². The second kappa shape index (κ2) is 5.92. The summed E-state index contributed by atoms with van der Waals surface area (Å²) >= 11 is 5.06. The molecule has 0 spiro atoms. The van der Waals surface area contributed by atoms with E-state index in [2.05, 4.69) is 15.5 Å². The van der Waals surface area contributed by atoms with Gasteiger partial charge in [-0.15, -0.1) is 0 Å². The van der Waals surface area contributed by atoms with E-state index in [-0.39, 0.29) is 5.82 Å². The molecule has 1 N–H and O–H groups in total. The fraction of sp³-hybridized carbons (Fsp3) is 0.214. The highest BCUT2D eigenvalue weighted by Gasteiger charge is 2.06. The van der Waals surface area contributed by atoms with Crippen molar-refractivity contribution in [3.05, 3.63) is 41.5 Å². The SMILES string of the molecule is Cc1c(F)ccc2c(/C=N\NC(=S)N(C)C)nccc12. The van der Waals surface area contributed by atoms with Crippen molar-refractivity contribution in [1.29, 1.82) is 0 Å². The number of thiocarbonyl (C=S) groups is 1. The average Bonchev–Trinajstić information content (AvgIpc) is 2.43. The number of nitrogens with zero attached hydrogens (tertiary/aromatic N) is 3. The van der Waals surface area contributed by atoms with Gasteiger partial charge in [-0.05, 0) is 48.3 Å². The van der Waals surface area contributed by atoms with Crippen molar-refractivity contribution in [1.82, 2.24) is 15.3 Å². The number of aryl methyl sites for hydroxylation is 1. The van der Waals surface area contributed by atoms with Gasteiger partial charge in [0.2, 0.25) is 0 Å². The second-order valence-electron chi connectivity index (χ2n) is 4.53. The molecule has 0 atom stereocenters. The number of nitrogens with one attached hydrogen (secondary N) is 1. The van der Waals surface area contributed by atoms with Crippen LogP contribution in [0, 0.1) is 12.7 Å². The predicted molar refractivity (Wildman–Crippen MR) is 83.5 cm³/mol. The average molecular weight is 290 g/mol. The van der Waals surface area contributed by atoms with Gasteiger partial charge in [-0.25, -0.2) is 4.39 Å². The molecular weight excluding hydrogens is 275 g/mol. The molecule has 0 aliphatic rings. The highest BCUT2D eigenvalue weighted by atomic mass is 32.1. The summed E-state index contributed by atoms with van der Waals surface area (Å²) in [6.07, 6.45) is 3.22. The van der Waals surface area contributed by atoms with Gasteiger partial charge in [-0.1, -0.05) is 0 Å². The van der Waals surface area contributed by atoms with Crippen molar-refractivity contribution in [3.8, 4) is 0 Å². The van der Waals surface area contributed by atoms with Gasteiger partial charge in [-0.2, -0.15) is 5.10 Å². The van der Waals surface area contributed by atoms with Crippen LogP contribution in [-0.2, 0) is 0 Å². The Kier molecular flexibility index (Phi) is 4.24. The maximum atomic E-state index is 13.5. The van der Waals surface area contributed by atoms with E-state index in [0.717, 1.165) is 10.8 Å². The van der Waals surface area contributed by atoms with Crippen LogP contribution in [0.4, 0.5) is 4.39 Å². The quantitative estimate of drug-likeness (QED) is 0.524. The van der Waals surface area contributed by atoms with Crippen LogP contribution in [0.1, 0.15) is 11.3 Å². The molecule has 0 bridgehead atoms. The molecule has 2 aromatic rings. The molecule has 6 heteroatoms. The Morgan fingerprint density at radius 3 is 2.80 bits per heavy atom. The molecule has 2 rings (SSSR count). The first kappa shape index (κ1) is 14.3. The molecule has 1 heterocycles. The Labute approximate surface area is 122 Å². The number of benzene rings is 1. The van der Waals surface area contributed by atoms with Gasteiger partial charge in [0, 0.05) is 25.7 Å². The maximum absolute atomic E-state index is 13.5. The predicted octanol–water partition coefficient (Wildman–Crippen LogP) is 2.45. The standard InChI is InChI=1S/C14H15FN4S/c1-9-10-6-7-16-13(11(10)4-5-12(9)15)8-17-18-14(20)19(2)3/h4-8H,1-3H3,(H,18,20)/b17-8-. The molecule has 4 nitrogen and oxygen atoms in total. The number of halogens is 1. The van der Waals surface area contributed by atoms with Crippen LogP contribution >= 0.6 is 12.2 Å². The Bertz CT molecular complexity index is 682. The summed E-state index contributed by atoms with van der Waals surface area (Å²) in [5.74, 6) is -0.224. The number of hydrogen-bond donors (Lipinski definition) is 1. The first-order chi connectivity index (χ1) is 9.50. The molecule has 0 unspecified atom stereocenters. The Morgan fingerprint density at radius 2 is 2.10 bits per heavy atom. The zero-order valence-corrected chi connectivity index (χ0v) is 12.3. The van der Waals surface area contributed by atoms with Gasteiger partial charge >= 0.3 is 0 Å². The normalized spacial score (nSPS) is 11.0. The van der Waals surface area contributed by atoms with Crippen LogP contribution in [0.5, 0.6) is 0 Å². The lowest BCUT2D eigenvalue weighted by atomic mass is 10.0. The summed E-state index contributed by atoms with van der Waals surface area (Å²) in [5, 5.41) is 6.24. The van der Waals surface area contributed by atoms with Crippen molar-refractivity contribution in [3.63, 3.8) is 0 Å². The van der Waals surface area contributed by atoms with E-state index in [0.29, 0.717) is 16.4 Å². The van der Waals surface area contributed by atoms with Gasteiger partial charge in [0.05, 0.1) is 11.9 Å². The molecule has 1 aromatic carbocycles. The summed E-state index contributed by atoms with van der Waals surface area (Å²) in [5.41, 5.74) is 4.01. The van der Waals surface area contributed by atoms with Gasteiger partial charge < -0.3 is 4.90 Å². The highest BCUT2D eigenvalue weighted by molar-refractivity contribution is 7.80. The van der Waals surface area contributed by atoms with Crippen molar-refractivity contribution >= 4 is 34.3 Å². The summed E-state index contributed by atoms with van der Waals surface area (Å²) in [7, 11) is 3.65. The van der Waals surface area contributed by atoms with Gasteiger partial charge in [0.1, 0.15) is 5.82 Å². The molecular formula is C14H15FN4S. The number of rotatable bonds is 2. The lowest BCUT2D eigenvalue weighted by Crippen LogP contribution is -2.30. The molecule has 104 valence electrons. The van der Waals surface area contributed by atoms with Gasteiger partial charge in [0.15, 0.2) is 5.11 Å². The number of pyridine rings is 1. The first-order valence-corrected chi connectivity index (χ1v) is 6.45. The van der Waals surface area contributed by atoms with Crippen LogP contribution in [0.3, 0.4) is 0 Å². The van der Waals surface area contributed by atoms with E-state index in [4.69, 9.17) is 12.2 Å². The van der Waals surface area contributed by atoms with E-state index in [1.54, 1.807) is 36.4 Å². The molecule has 0 saturated heterocycles. The minimum absolute atomic E-state index is 0.224. The Morgan fingerprint density at radius 1 is 1.35 bits per heavy atom. The first-order valence-electron chi connectivity index (χ1n) is 6.05. The third kappa shape index (κ3) is 2.91. The van der Waals surface area contributed by atoms with Crippen LogP contribution in [0.25, 0.3) is 10.8 Å². The van der Waals surface area contributed by atoms with Gasteiger partial charge in [0.25, 0.3) is 0 Å².